The molecule has 1 aromatic heterocycles. The van der Waals surface area contributed by atoms with Crippen LogP contribution >= 0.6 is 0 Å². The third kappa shape index (κ3) is 6.30. The minimum atomic E-state index is -0.444. The minimum Gasteiger partial charge on any atom is -0.494 e. The summed E-state index contributed by atoms with van der Waals surface area (Å²) in [6, 6.07) is 14.5. The van der Waals surface area contributed by atoms with Gasteiger partial charge in [0, 0.05) is 25.3 Å². The van der Waals surface area contributed by atoms with E-state index in [0.29, 0.717) is 5.92 Å². The summed E-state index contributed by atoms with van der Waals surface area (Å²) in [6.07, 6.45) is 9.40. The lowest BCUT2D eigenvalue weighted by atomic mass is 9.69. The molecule has 2 bridgehead atoms. The van der Waals surface area contributed by atoms with Crippen LogP contribution < -0.4 is 9.47 Å². The molecule has 1 N–H and O–H groups in total. The van der Waals surface area contributed by atoms with Crippen molar-refractivity contribution < 1.29 is 19.0 Å². The molecule has 0 saturated heterocycles. The number of benzene rings is 2. The van der Waals surface area contributed by atoms with E-state index < -0.39 is 5.60 Å². The number of aromatic nitrogens is 2. The van der Waals surface area contributed by atoms with Crippen molar-refractivity contribution in [3.05, 3.63) is 59.9 Å². The van der Waals surface area contributed by atoms with Crippen molar-refractivity contribution in [1.82, 2.24) is 14.9 Å². The molecule has 0 amide bonds. The Balaban J connectivity index is 1.26. The van der Waals surface area contributed by atoms with Crippen molar-refractivity contribution in [1.29, 1.82) is 0 Å². The summed E-state index contributed by atoms with van der Waals surface area (Å²) < 4.78 is 17.5. The van der Waals surface area contributed by atoms with Crippen LogP contribution in [-0.2, 0) is 16.0 Å². The van der Waals surface area contributed by atoms with E-state index in [1.165, 1.54) is 17.6 Å². The number of nitrogens with one attached hydrogen (secondary N) is 1. The molecule has 3 aliphatic rings. The predicted octanol–water partition coefficient (Wildman–Crippen LogP) is 6.68. The van der Waals surface area contributed by atoms with Crippen molar-refractivity contribution in [3.8, 4) is 11.5 Å². The van der Waals surface area contributed by atoms with Gasteiger partial charge in [0.1, 0.15) is 34.0 Å². The van der Waals surface area contributed by atoms with E-state index >= 15 is 0 Å². The number of fused-ring (bicyclic) bond motifs is 4. The van der Waals surface area contributed by atoms with Crippen LogP contribution in [0.15, 0.2) is 48.5 Å². The van der Waals surface area contributed by atoms with Gasteiger partial charge in [0.05, 0.1) is 20.1 Å². The van der Waals surface area contributed by atoms with Crippen LogP contribution in [0.5, 0.6) is 11.5 Å². The number of imidazole rings is 1. The number of aromatic amines is 1. The molecule has 7 heteroatoms. The summed E-state index contributed by atoms with van der Waals surface area (Å²) in [6.45, 7) is 5.68. The van der Waals surface area contributed by atoms with Crippen LogP contribution in [0.1, 0.15) is 63.8 Å². The summed E-state index contributed by atoms with van der Waals surface area (Å²) in [5, 5.41) is 0. The Kier molecular flexibility index (Phi) is 9.03. The van der Waals surface area contributed by atoms with Gasteiger partial charge in [0.25, 0.3) is 0 Å². The Bertz CT molecular complexity index is 1320. The largest absolute Gasteiger partial charge is 0.494 e. The lowest BCUT2D eigenvalue weighted by Gasteiger charge is -2.44. The highest BCUT2D eigenvalue weighted by Gasteiger charge is 2.48. The maximum atomic E-state index is 13.0. The lowest BCUT2D eigenvalue weighted by molar-refractivity contribution is -0.172. The average Bonchev–Trinajstić information content (AvgIpc) is 3.19. The summed E-state index contributed by atoms with van der Waals surface area (Å²) in [4.78, 5) is 23.6. The van der Waals surface area contributed by atoms with E-state index in [-0.39, 0.29) is 17.8 Å². The fourth-order valence-corrected chi connectivity index (χ4v) is 6.66. The monoisotopic (exact) mass is 559 g/mol. The number of aryl methyl sites for hydroxylation is 1. The van der Waals surface area contributed by atoms with Gasteiger partial charge in [-0.25, -0.2) is 4.98 Å². The van der Waals surface area contributed by atoms with Gasteiger partial charge in [0.15, 0.2) is 0 Å². The van der Waals surface area contributed by atoms with Crippen LogP contribution in [0.4, 0.5) is 0 Å². The van der Waals surface area contributed by atoms with Gasteiger partial charge in [-0.2, -0.15) is 0 Å². The Hall–Kier alpha value is -3.32. The lowest BCUT2D eigenvalue weighted by Crippen LogP contribution is -2.47. The molecule has 6 rings (SSSR count). The number of hydrogen-bond acceptors (Lipinski definition) is 6. The van der Waals surface area contributed by atoms with Crippen molar-refractivity contribution in [2.24, 2.45) is 17.8 Å². The molecule has 3 aromatic rings. The number of methoxy groups -OCH3 is 2. The second-order valence-electron chi connectivity index (χ2n) is 12.1. The van der Waals surface area contributed by atoms with Gasteiger partial charge in [-0.15, -0.1) is 0 Å². The minimum absolute atomic E-state index is 0.0781. The zero-order valence-corrected chi connectivity index (χ0v) is 25.2. The second-order valence-corrected chi connectivity index (χ2v) is 12.1. The van der Waals surface area contributed by atoms with Crippen molar-refractivity contribution in [3.63, 3.8) is 0 Å². The molecule has 3 aliphatic carbocycles. The number of carbonyl (C=O) groups is 1. The molecular formula is C34H45N3O4. The topological polar surface area (TPSA) is 76.7 Å². The zero-order chi connectivity index (χ0) is 29.0. The van der Waals surface area contributed by atoms with Crippen LogP contribution in [0.2, 0.25) is 0 Å². The highest BCUT2D eigenvalue weighted by molar-refractivity contribution is 5.87. The quantitative estimate of drug-likeness (QED) is 0.250. The van der Waals surface area contributed by atoms with Crippen molar-refractivity contribution in [2.75, 3.05) is 34.4 Å². The molecule has 1 fully saturated rings. The Morgan fingerprint density at radius 1 is 1.07 bits per heavy atom. The first kappa shape index (κ1) is 29.2. The van der Waals surface area contributed by atoms with E-state index in [4.69, 9.17) is 19.2 Å². The Morgan fingerprint density at radius 2 is 1.83 bits per heavy atom. The first-order chi connectivity index (χ1) is 19.8. The molecule has 220 valence electrons. The maximum Gasteiger partial charge on any atom is 0.308 e. The number of hydrogen-bond donors (Lipinski definition) is 1. The van der Waals surface area contributed by atoms with Crippen molar-refractivity contribution >= 4 is 22.6 Å². The SMILES string of the molecule is COc1ccc(OC)c2[nH]c(CCCN(C)CC[C@]3(OC(=O)C(C)C)C[C@@H]4CCC[C@@H]3C=C4c3ccccc3)nc12. The van der Waals surface area contributed by atoms with Gasteiger partial charge >= 0.3 is 5.97 Å². The number of esters is 1. The van der Waals surface area contributed by atoms with Crippen LogP contribution in [-0.4, -0.2) is 60.8 Å². The summed E-state index contributed by atoms with van der Waals surface area (Å²) in [7, 11) is 5.50. The predicted molar refractivity (Wildman–Crippen MR) is 163 cm³/mol. The first-order valence-corrected chi connectivity index (χ1v) is 15.1. The van der Waals surface area contributed by atoms with E-state index in [2.05, 4.69) is 53.3 Å². The fourth-order valence-electron chi connectivity index (χ4n) is 6.66. The average molecular weight is 560 g/mol. The van der Waals surface area contributed by atoms with Gasteiger partial charge < -0.3 is 24.1 Å². The van der Waals surface area contributed by atoms with Crippen LogP contribution in [0.25, 0.3) is 16.6 Å². The molecule has 0 spiro atoms. The number of allylic oxidation sites excluding steroid dienone is 1. The van der Waals surface area contributed by atoms with E-state index in [1.54, 1.807) is 14.2 Å². The molecule has 0 aliphatic heterocycles. The second kappa shape index (κ2) is 12.7. The Morgan fingerprint density at radius 3 is 2.56 bits per heavy atom. The molecule has 41 heavy (non-hydrogen) atoms. The number of ether oxygens (including phenoxy) is 3. The summed E-state index contributed by atoms with van der Waals surface area (Å²) in [5.41, 5.74) is 3.98. The fraction of sp³-hybridized carbons (Fsp3) is 0.529. The molecule has 1 heterocycles. The molecular weight excluding hydrogens is 514 g/mol. The number of carbonyl (C=O) groups excluding carboxylic acids is 1. The summed E-state index contributed by atoms with van der Waals surface area (Å²) >= 11 is 0. The molecule has 0 radical (unpaired) electrons. The standard InChI is InChI=1S/C34H45N3O4/c1-23(2)33(38)41-34(22-25-13-9-14-26(34)21-27(25)24-11-7-6-8-12-24)18-20-37(3)19-10-15-30-35-31-28(39-4)16-17-29(40-5)32(31)36-30/h6-8,11-12,16-17,21,23,25-26H,9-10,13-15,18-20,22H2,1-5H3,(H,35,36)/t25-,26+,34-/m0/s1. The third-order valence-corrected chi connectivity index (χ3v) is 8.97. The van der Waals surface area contributed by atoms with Crippen molar-refractivity contribution in [2.45, 2.75) is 64.4 Å². The van der Waals surface area contributed by atoms with Crippen LogP contribution in [0.3, 0.4) is 0 Å². The summed E-state index contributed by atoms with van der Waals surface area (Å²) in [5.74, 6) is 2.88. The number of H-pyrrole nitrogens is 1. The van der Waals surface area contributed by atoms with Gasteiger partial charge in [-0.1, -0.05) is 56.7 Å². The van der Waals surface area contributed by atoms with Gasteiger partial charge in [0.2, 0.25) is 0 Å². The maximum absolute atomic E-state index is 13.0. The molecule has 3 atom stereocenters. The third-order valence-electron chi connectivity index (χ3n) is 8.97. The van der Waals surface area contributed by atoms with E-state index in [9.17, 15) is 4.79 Å². The molecule has 7 nitrogen and oxygen atoms in total. The van der Waals surface area contributed by atoms with Crippen LogP contribution in [0, 0.1) is 17.8 Å². The number of nitrogens with zero attached hydrogens (tertiary/aromatic N) is 2. The van der Waals surface area contributed by atoms with Gasteiger partial charge in [-0.3, -0.25) is 4.79 Å². The molecule has 0 unspecified atom stereocenters. The highest BCUT2D eigenvalue weighted by atomic mass is 16.6. The van der Waals surface area contributed by atoms with E-state index in [1.807, 2.05) is 26.0 Å². The zero-order valence-electron chi connectivity index (χ0n) is 25.2. The normalized spacial score (nSPS) is 22.2. The first-order valence-electron chi connectivity index (χ1n) is 15.1. The highest BCUT2D eigenvalue weighted by Crippen LogP contribution is 2.51. The molecule has 1 saturated carbocycles. The number of rotatable bonds is 12. The Labute approximate surface area is 244 Å². The van der Waals surface area contributed by atoms with Gasteiger partial charge in [-0.05, 0) is 68.5 Å². The van der Waals surface area contributed by atoms with E-state index in [0.717, 1.165) is 80.0 Å². The smallest absolute Gasteiger partial charge is 0.308 e. The molecule has 2 aromatic carbocycles.